The lowest BCUT2D eigenvalue weighted by atomic mass is 9.91. The number of thioether (sulfide) groups is 1. The summed E-state index contributed by atoms with van der Waals surface area (Å²) in [6.07, 6.45) is 1.48. The van der Waals surface area contributed by atoms with Gasteiger partial charge in [0.2, 0.25) is 0 Å². The molecule has 2 aliphatic rings. The smallest absolute Gasteiger partial charge is 0.0777 e. The molecule has 0 spiro atoms. The van der Waals surface area contributed by atoms with Crippen LogP contribution in [0.15, 0.2) is 30.3 Å². The maximum Gasteiger partial charge on any atom is 0.0777 e. The van der Waals surface area contributed by atoms with Gasteiger partial charge in [-0.3, -0.25) is 4.90 Å². The molecule has 118 valence electrons. The van der Waals surface area contributed by atoms with Crippen LogP contribution in [0.1, 0.15) is 12.0 Å². The summed E-state index contributed by atoms with van der Waals surface area (Å²) in [5.74, 6) is 4.70. The van der Waals surface area contributed by atoms with Gasteiger partial charge in [-0.2, -0.15) is 25.7 Å². The van der Waals surface area contributed by atoms with Crippen LogP contribution >= 0.6 is 11.8 Å². The molecule has 0 amide bonds. The van der Waals surface area contributed by atoms with Gasteiger partial charge < -0.3 is 0 Å². The second-order valence-corrected chi connectivity index (χ2v) is 7.45. The average Bonchev–Trinajstić information content (AvgIpc) is 2.37. The second kappa shape index (κ2) is 7.78. The third-order valence-electron chi connectivity index (χ3n) is 3.66. The summed E-state index contributed by atoms with van der Waals surface area (Å²) in [4.78, 5) is 2.66. The first kappa shape index (κ1) is 17.0. The fourth-order valence-corrected chi connectivity index (χ4v) is 4.32. The van der Waals surface area contributed by atoms with Gasteiger partial charge in [-0.25, -0.2) is 0 Å². The van der Waals surface area contributed by atoms with Gasteiger partial charge in [0.25, 0.3) is 0 Å². The summed E-state index contributed by atoms with van der Waals surface area (Å²) in [7, 11) is -4.69. The first-order valence-electron chi connectivity index (χ1n) is 6.87. The Hall–Kier alpha value is -0.340. The lowest BCUT2D eigenvalue weighted by molar-refractivity contribution is -1.92. The van der Waals surface area contributed by atoms with Crippen LogP contribution in [0.2, 0.25) is 0 Å². The van der Waals surface area contributed by atoms with E-state index in [1.807, 2.05) is 0 Å². The molecule has 1 aromatic carbocycles. The third-order valence-corrected chi connectivity index (χ3v) is 5.07. The van der Waals surface area contributed by atoms with Crippen molar-refractivity contribution in [2.24, 2.45) is 11.8 Å². The fraction of sp³-hybridized carbons (Fsp3) is 0.571. The molecule has 2 aliphatic heterocycles. The van der Waals surface area contributed by atoms with Crippen molar-refractivity contribution in [3.05, 3.63) is 35.9 Å². The molecule has 0 saturated carbocycles. The van der Waals surface area contributed by atoms with Gasteiger partial charge in [-0.15, -0.1) is 0 Å². The maximum absolute atomic E-state index is 8.60. The molecular formula is C14H20ClNO4S. The monoisotopic (exact) mass is 333 g/mol. The molecule has 7 heteroatoms. The Morgan fingerprint density at radius 1 is 1.10 bits per heavy atom. The van der Waals surface area contributed by atoms with E-state index in [1.165, 1.54) is 36.6 Å². The maximum atomic E-state index is 8.60. The van der Waals surface area contributed by atoms with Crippen LogP contribution in [0, 0.1) is 22.1 Å². The van der Waals surface area contributed by atoms with Crippen molar-refractivity contribution in [3.63, 3.8) is 0 Å². The molecular weight excluding hydrogens is 314 g/mol. The molecule has 0 aliphatic carbocycles. The zero-order chi connectivity index (χ0) is 15.3. The molecule has 2 bridgehead atoms. The predicted octanol–water partition coefficient (Wildman–Crippen LogP) is -1.25. The SMILES string of the molecule is [O-][Cl+3]([O-])([O-])O.c1ccc(CN2CC3CSCC(C3)C2)cc1. The molecule has 2 fully saturated rings. The lowest BCUT2D eigenvalue weighted by Crippen LogP contribution is -2.58. The Bertz CT molecular complexity index is 411. The predicted molar refractivity (Wildman–Crippen MR) is 72.9 cm³/mol. The molecule has 21 heavy (non-hydrogen) atoms. The molecule has 3 rings (SSSR count). The lowest BCUT2D eigenvalue weighted by Gasteiger charge is -2.41. The van der Waals surface area contributed by atoms with Gasteiger partial charge in [0.1, 0.15) is 0 Å². The highest BCUT2D eigenvalue weighted by Crippen LogP contribution is 2.33. The largest absolute Gasteiger partial charge is 0.298 e. The summed E-state index contributed by atoms with van der Waals surface area (Å²) < 4.78 is 32.7. The minimum absolute atomic E-state index is 0.959. The molecule has 2 unspecified atom stereocenters. The van der Waals surface area contributed by atoms with E-state index in [1.54, 1.807) is 0 Å². The van der Waals surface area contributed by atoms with Crippen molar-refractivity contribution >= 4 is 11.8 Å². The van der Waals surface area contributed by atoms with Crippen LogP contribution in [-0.2, 0) is 6.54 Å². The Labute approximate surface area is 131 Å². The van der Waals surface area contributed by atoms with E-state index in [2.05, 4.69) is 47.0 Å². The number of fused-ring (bicyclic) bond motifs is 2. The first-order chi connectivity index (χ1) is 9.90. The van der Waals surface area contributed by atoms with Crippen molar-refractivity contribution in [2.75, 3.05) is 24.6 Å². The zero-order valence-corrected chi connectivity index (χ0v) is 13.3. The Balaban J connectivity index is 0.000000282. The van der Waals surface area contributed by atoms with E-state index in [4.69, 9.17) is 18.6 Å². The van der Waals surface area contributed by atoms with Crippen LogP contribution in [0.4, 0.5) is 0 Å². The first-order valence-corrected chi connectivity index (χ1v) is 9.29. The van der Waals surface area contributed by atoms with E-state index < -0.39 is 10.2 Å². The van der Waals surface area contributed by atoms with Crippen molar-refractivity contribution in [1.29, 1.82) is 0 Å². The van der Waals surface area contributed by atoms with Crippen molar-refractivity contribution < 1.29 is 28.9 Å². The quantitative estimate of drug-likeness (QED) is 0.727. The van der Waals surface area contributed by atoms with Gasteiger partial charge in [-0.1, -0.05) is 30.3 Å². The minimum Gasteiger partial charge on any atom is -0.298 e. The molecule has 2 atom stereocenters. The van der Waals surface area contributed by atoms with Crippen LogP contribution in [0.25, 0.3) is 0 Å². The van der Waals surface area contributed by atoms with Gasteiger partial charge >= 0.3 is 0 Å². The van der Waals surface area contributed by atoms with Crippen LogP contribution in [0.3, 0.4) is 0 Å². The molecule has 0 aromatic heterocycles. The van der Waals surface area contributed by atoms with Crippen molar-refractivity contribution in [1.82, 2.24) is 4.90 Å². The molecule has 1 aromatic rings. The average molecular weight is 334 g/mol. The Morgan fingerprint density at radius 2 is 1.62 bits per heavy atom. The molecule has 0 radical (unpaired) electrons. The standard InChI is InChI=1S/C14H19NS.ClHO4/c1-2-4-12(5-3-1)7-15-8-13-6-14(9-15)11-16-10-13;2-1(3,4)5/h1-5,13-14H,6-11H2;(H,2,3,4,5). The Kier molecular flexibility index (Phi) is 6.31. The van der Waals surface area contributed by atoms with Crippen LogP contribution in [-0.4, -0.2) is 34.2 Å². The minimum atomic E-state index is -4.69. The molecule has 2 heterocycles. The van der Waals surface area contributed by atoms with Crippen molar-refractivity contribution in [2.45, 2.75) is 13.0 Å². The van der Waals surface area contributed by atoms with E-state index in [0.29, 0.717) is 0 Å². The summed E-state index contributed by atoms with van der Waals surface area (Å²) in [6, 6.07) is 10.9. The highest BCUT2D eigenvalue weighted by molar-refractivity contribution is 7.99. The fourth-order valence-electron chi connectivity index (χ4n) is 3.04. The number of piperidine rings is 1. The number of benzene rings is 1. The molecule has 5 nitrogen and oxygen atoms in total. The number of hydrogen-bond donors (Lipinski definition) is 1. The Morgan fingerprint density at radius 3 is 2.14 bits per heavy atom. The summed E-state index contributed by atoms with van der Waals surface area (Å²) in [5.41, 5.74) is 1.47. The van der Waals surface area contributed by atoms with Gasteiger partial charge in [0.15, 0.2) is 0 Å². The zero-order valence-electron chi connectivity index (χ0n) is 11.7. The molecule has 2 saturated heterocycles. The number of likely N-dealkylation sites (tertiary alicyclic amines) is 1. The normalized spacial score (nSPS) is 25.9. The topological polar surface area (TPSA) is 92.6 Å². The highest BCUT2D eigenvalue weighted by atomic mass is 35.7. The summed E-state index contributed by atoms with van der Waals surface area (Å²) >= 11 is 2.17. The number of nitrogens with zero attached hydrogens (tertiary/aromatic N) is 1. The van der Waals surface area contributed by atoms with E-state index in [0.717, 1.165) is 18.4 Å². The second-order valence-electron chi connectivity index (χ2n) is 5.58. The van der Waals surface area contributed by atoms with E-state index in [-0.39, 0.29) is 0 Å². The van der Waals surface area contributed by atoms with Gasteiger partial charge in [-0.05, 0) is 35.3 Å². The third kappa shape index (κ3) is 6.97. The van der Waals surface area contributed by atoms with Gasteiger partial charge in [0.05, 0.1) is 14.9 Å². The number of halogens is 1. The summed E-state index contributed by atoms with van der Waals surface area (Å²) in [6.45, 7) is 3.79. The van der Waals surface area contributed by atoms with E-state index >= 15 is 0 Å². The van der Waals surface area contributed by atoms with Gasteiger partial charge in [0, 0.05) is 19.6 Å². The van der Waals surface area contributed by atoms with Crippen LogP contribution < -0.4 is 14.0 Å². The van der Waals surface area contributed by atoms with E-state index in [9.17, 15) is 0 Å². The number of hydrogen-bond acceptors (Lipinski definition) is 6. The number of rotatable bonds is 2. The highest BCUT2D eigenvalue weighted by Gasteiger charge is 2.30. The van der Waals surface area contributed by atoms with Crippen LogP contribution in [0.5, 0.6) is 0 Å². The molecule has 1 N–H and O–H groups in total. The summed E-state index contributed by atoms with van der Waals surface area (Å²) in [5, 5.41) is 0. The van der Waals surface area contributed by atoms with Crippen molar-refractivity contribution in [3.8, 4) is 0 Å².